The van der Waals surface area contributed by atoms with Crippen molar-refractivity contribution in [2.24, 2.45) is 7.05 Å². The van der Waals surface area contributed by atoms with Crippen molar-refractivity contribution < 1.29 is 9.59 Å². The van der Waals surface area contributed by atoms with Crippen molar-refractivity contribution in [3.8, 4) is 0 Å². The van der Waals surface area contributed by atoms with Gasteiger partial charge in [-0.15, -0.1) is 0 Å². The van der Waals surface area contributed by atoms with Crippen LogP contribution in [0.25, 0.3) is 0 Å². The first-order valence-corrected chi connectivity index (χ1v) is 5.71. The van der Waals surface area contributed by atoms with E-state index in [2.05, 4.69) is 10.4 Å². The van der Waals surface area contributed by atoms with Crippen molar-refractivity contribution in [1.82, 2.24) is 20.0 Å². The fraction of sp³-hybridized carbons (Fsp3) is 0.545. The molecule has 1 heterocycles. The molecule has 1 unspecified atom stereocenters. The normalized spacial score (nSPS) is 12.0. The van der Waals surface area contributed by atoms with Gasteiger partial charge in [0.2, 0.25) is 5.91 Å². The van der Waals surface area contributed by atoms with Gasteiger partial charge in [0, 0.05) is 26.8 Å². The predicted molar refractivity (Wildman–Crippen MR) is 67.9 cm³/mol. The van der Waals surface area contributed by atoms with Crippen molar-refractivity contribution in [1.29, 1.82) is 0 Å². The molecule has 7 heteroatoms. The predicted octanol–water partition coefficient (Wildman–Crippen LogP) is -0.401. The zero-order valence-electron chi connectivity index (χ0n) is 11.1. The number of aromatic nitrogens is 2. The molecule has 1 atom stereocenters. The first-order chi connectivity index (χ1) is 8.36. The minimum Gasteiger partial charge on any atom is -0.396 e. The van der Waals surface area contributed by atoms with E-state index < -0.39 is 11.9 Å². The topological polar surface area (TPSA) is 93.2 Å². The fourth-order valence-corrected chi connectivity index (χ4v) is 1.50. The Morgan fingerprint density at radius 3 is 2.67 bits per heavy atom. The number of anilines is 1. The highest BCUT2D eigenvalue weighted by atomic mass is 16.2. The summed E-state index contributed by atoms with van der Waals surface area (Å²) in [4.78, 5) is 25.2. The van der Waals surface area contributed by atoms with E-state index in [1.807, 2.05) is 6.92 Å². The van der Waals surface area contributed by atoms with Crippen LogP contribution in [0.15, 0.2) is 6.20 Å². The molecule has 0 radical (unpaired) electrons. The molecule has 0 fully saturated rings. The second kappa shape index (κ2) is 5.52. The maximum absolute atomic E-state index is 11.9. The van der Waals surface area contributed by atoms with Gasteiger partial charge in [-0.3, -0.25) is 14.3 Å². The summed E-state index contributed by atoms with van der Waals surface area (Å²) in [6.07, 6.45) is 1.54. The van der Waals surface area contributed by atoms with Gasteiger partial charge in [0.25, 0.3) is 5.91 Å². The molecule has 0 aliphatic carbocycles. The Hall–Kier alpha value is -2.05. The van der Waals surface area contributed by atoms with Crippen molar-refractivity contribution in [3.05, 3.63) is 11.9 Å². The molecule has 1 aromatic heterocycles. The fourth-order valence-electron chi connectivity index (χ4n) is 1.50. The summed E-state index contributed by atoms with van der Waals surface area (Å²) < 4.78 is 1.45. The molecule has 0 aliphatic rings. The second-order valence-electron chi connectivity index (χ2n) is 4.15. The van der Waals surface area contributed by atoms with E-state index in [0.717, 1.165) is 0 Å². The van der Waals surface area contributed by atoms with E-state index in [1.54, 1.807) is 27.2 Å². The van der Waals surface area contributed by atoms with Crippen LogP contribution in [-0.4, -0.2) is 46.1 Å². The quantitative estimate of drug-likeness (QED) is 0.763. The van der Waals surface area contributed by atoms with Crippen molar-refractivity contribution in [2.45, 2.75) is 19.9 Å². The Morgan fingerprint density at radius 1 is 1.61 bits per heavy atom. The van der Waals surface area contributed by atoms with Crippen LogP contribution >= 0.6 is 0 Å². The zero-order chi connectivity index (χ0) is 13.9. The van der Waals surface area contributed by atoms with Crippen LogP contribution < -0.4 is 11.1 Å². The van der Waals surface area contributed by atoms with E-state index in [0.29, 0.717) is 12.2 Å². The molecule has 0 bridgehead atoms. The number of amides is 2. The van der Waals surface area contributed by atoms with Crippen LogP contribution in [0.3, 0.4) is 0 Å². The van der Waals surface area contributed by atoms with Gasteiger partial charge in [-0.1, -0.05) is 0 Å². The lowest BCUT2D eigenvalue weighted by molar-refractivity contribution is -0.131. The van der Waals surface area contributed by atoms with Crippen LogP contribution in [0.4, 0.5) is 5.69 Å². The van der Waals surface area contributed by atoms with Gasteiger partial charge in [0.05, 0.1) is 5.69 Å². The van der Waals surface area contributed by atoms with Crippen LogP contribution in [-0.2, 0) is 11.8 Å². The second-order valence-corrected chi connectivity index (χ2v) is 4.15. The Bertz CT molecular complexity index is 454. The van der Waals surface area contributed by atoms with Gasteiger partial charge in [-0.2, -0.15) is 5.10 Å². The standard InChI is InChI=1S/C11H19N5O2/c1-5-15(3)11(18)7(2)13-10(17)9-8(12)6-16(4)14-9/h6-7H,5,12H2,1-4H3,(H,13,17). The van der Waals surface area contributed by atoms with Crippen LogP contribution in [0.2, 0.25) is 0 Å². The maximum Gasteiger partial charge on any atom is 0.274 e. The largest absolute Gasteiger partial charge is 0.396 e. The van der Waals surface area contributed by atoms with E-state index >= 15 is 0 Å². The Labute approximate surface area is 106 Å². The lowest BCUT2D eigenvalue weighted by atomic mass is 10.2. The summed E-state index contributed by atoms with van der Waals surface area (Å²) in [6.45, 7) is 4.08. The molecule has 100 valence electrons. The average Bonchev–Trinajstić information content (AvgIpc) is 2.66. The average molecular weight is 253 g/mol. The number of hydrogen-bond donors (Lipinski definition) is 2. The van der Waals surface area contributed by atoms with Crippen LogP contribution in [0.5, 0.6) is 0 Å². The molecule has 0 aromatic carbocycles. The van der Waals surface area contributed by atoms with Gasteiger partial charge in [-0.25, -0.2) is 0 Å². The summed E-state index contributed by atoms with van der Waals surface area (Å²) in [5.41, 5.74) is 6.07. The highest BCUT2D eigenvalue weighted by Crippen LogP contribution is 2.08. The Balaban J connectivity index is 2.71. The number of nitrogens with one attached hydrogen (secondary N) is 1. The molecule has 2 amide bonds. The summed E-state index contributed by atoms with van der Waals surface area (Å²) >= 11 is 0. The van der Waals surface area contributed by atoms with Gasteiger partial charge >= 0.3 is 0 Å². The molecule has 1 rings (SSSR count). The number of nitrogens with two attached hydrogens (primary N) is 1. The maximum atomic E-state index is 11.9. The monoisotopic (exact) mass is 253 g/mol. The summed E-state index contributed by atoms with van der Waals surface area (Å²) in [5, 5.41) is 6.52. The van der Waals surface area contributed by atoms with E-state index in [4.69, 9.17) is 5.73 Å². The number of carbonyl (C=O) groups is 2. The smallest absolute Gasteiger partial charge is 0.274 e. The van der Waals surface area contributed by atoms with Gasteiger partial charge in [-0.05, 0) is 13.8 Å². The first-order valence-electron chi connectivity index (χ1n) is 5.71. The van der Waals surface area contributed by atoms with E-state index in [9.17, 15) is 9.59 Å². The molecule has 0 spiro atoms. The SMILES string of the molecule is CCN(C)C(=O)C(C)NC(=O)c1nn(C)cc1N. The number of carbonyl (C=O) groups excluding carboxylic acids is 2. The summed E-state index contributed by atoms with van der Waals surface area (Å²) in [7, 11) is 3.35. The third kappa shape index (κ3) is 2.99. The molecule has 0 saturated carbocycles. The van der Waals surface area contributed by atoms with Crippen LogP contribution in [0.1, 0.15) is 24.3 Å². The molecule has 7 nitrogen and oxygen atoms in total. The van der Waals surface area contributed by atoms with Gasteiger partial charge in [0.15, 0.2) is 5.69 Å². The lowest BCUT2D eigenvalue weighted by Crippen LogP contribution is -2.45. The van der Waals surface area contributed by atoms with Crippen LogP contribution in [0, 0.1) is 0 Å². The Kier molecular flexibility index (Phi) is 4.30. The minimum atomic E-state index is -0.608. The van der Waals surface area contributed by atoms with E-state index in [1.165, 1.54) is 9.58 Å². The first kappa shape index (κ1) is 14.0. The summed E-state index contributed by atoms with van der Waals surface area (Å²) in [5.74, 6) is -0.598. The molecular formula is C11H19N5O2. The number of nitrogens with zero attached hydrogens (tertiary/aromatic N) is 3. The van der Waals surface area contributed by atoms with Crippen molar-refractivity contribution in [3.63, 3.8) is 0 Å². The Morgan fingerprint density at radius 2 is 2.22 bits per heavy atom. The van der Waals surface area contributed by atoms with Crippen molar-refractivity contribution in [2.75, 3.05) is 19.3 Å². The minimum absolute atomic E-state index is 0.135. The van der Waals surface area contributed by atoms with Gasteiger partial charge in [0.1, 0.15) is 6.04 Å². The van der Waals surface area contributed by atoms with Crippen molar-refractivity contribution >= 4 is 17.5 Å². The molecule has 0 saturated heterocycles. The number of hydrogen-bond acceptors (Lipinski definition) is 4. The van der Waals surface area contributed by atoms with E-state index in [-0.39, 0.29) is 11.6 Å². The number of likely N-dealkylation sites (N-methyl/N-ethyl adjacent to an activating group) is 1. The number of rotatable bonds is 4. The summed E-state index contributed by atoms with van der Waals surface area (Å²) in [6, 6.07) is -0.608. The highest BCUT2D eigenvalue weighted by molar-refractivity contribution is 5.99. The van der Waals surface area contributed by atoms with Gasteiger partial charge < -0.3 is 16.0 Å². The molecule has 1 aromatic rings. The molecule has 3 N–H and O–H groups in total. The molecular weight excluding hydrogens is 234 g/mol. The third-order valence-corrected chi connectivity index (χ3v) is 2.64. The number of aryl methyl sites for hydroxylation is 1. The lowest BCUT2D eigenvalue weighted by Gasteiger charge is -2.20. The molecule has 0 aliphatic heterocycles. The zero-order valence-corrected chi connectivity index (χ0v) is 11.1. The number of nitrogen functional groups attached to an aromatic ring is 1. The third-order valence-electron chi connectivity index (χ3n) is 2.64. The molecule has 18 heavy (non-hydrogen) atoms. The highest BCUT2D eigenvalue weighted by Gasteiger charge is 2.21.